The van der Waals surface area contributed by atoms with Crippen molar-refractivity contribution in [3.05, 3.63) is 17.7 Å². The highest BCUT2D eigenvalue weighted by Gasteiger charge is 2.39. The molecular weight excluding hydrogens is 316 g/mol. The highest BCUT2D eigenvalue weighted by molar-refractivity contribution is 7.22. The van der Waals surface area contributed by atoms with Gasteiger partial charge in [-0.25, -0.2) is 9.78 Å². The summed E-state index contributed by atoms with van der Waals surface area (Å²) in [5, 5.41) is 0.499. The van der Waals surface area contributed by atoms with Crippen molar-refractivity contribution < 1.29 is 14.0 Å². The summed E-state index contributed by atoms with van der Waals surface area (Å²) < 4.78 is 12.0. The van der Waals surface area contributed by atoms with Crippen molar-refractivity contribution in [3.8, 4) is 5.75 Å². The van der Waals surface area contributed by atoms with Crippen LogP contribution < -0.4 is 10.2 Å². The normalized spacial score (nSPS) is 12.5. The van der Waals surface area contributed by atoms with Gasteiger partial charge >= 0.3 is 5.97 Å². The molecule has 1 heterocycles. The molecule has 7 heteroatoms. The van der Waals surface area contributed by atoms with Crippen LogP contribution in [-0.4, -0.2) is 26.4 Å². The van der Waals surface area contributed by atoms with Gasteiger partial charge in [-0.05, 0) is 30.3 Å². The maximum Gasteiger partial charge on any atom is 0.338 e. The molecule has 1 aromatic carbocycles. The summed E-state index contributed by atoms with van der Waals surface area (Å²) in [5.74, 6) is 0.214. The molecule has 0 aliphatic heterocycles. The second-order valence-electron chi connectivity index (χ2n) is 6.73. The zero-order valence-electron chi connectivity index (χ0n) is 13.8. The number of ether oxygens (including phenoxy) is 1. The van der Waals surface area contributed by atoms with Crippen LogP contribution in [0.5, 0.6) is 5.75 Å². The maximum atomic E-state index is 11.9. The zero-order valence-corrected chi connectivity index (χ0v) is 15.6. The Bertz CT molecular complexity index is 719. The molecule has 1 aromatic heterocycles. The lowest BCUT2D eigenvalue weighted by Crippen LogP contribution is -2.43. The fourth-order valence-electron chi connectivity index (χ4n) is 1.76. The van der Waals surface area contributed by atoms with Crippen molar-refractivity contribution in [3.63, 3.8) is 0 Å². The lowest BCUT2D eigenvalue weighted by atomic mass is 10.2. The molecular formula is C15H22N2O3SSi. The van der Waals surface area contributed by atoms with Crippen LogP contribution in [0.2, 0.25) is 18.1 Å². The van der Waals surface area contributed by atoms with Gasteiger partial charge in [0.1, 0.15) is 11.3 Å². The first-order valence-electron chi connectivity index (χ1n) is 7.02. The molecule has 0 atom stereocenters. The second kappa shape index (κ2) is 5.55. The number of carbonyl (C=O) groups excluding carboxylic acids is 1. The Morgan fingerprint density at radius 3 is 2.50 bits per heavy atom. The summed E-state index contributed by atoms with van der Waals surface area (Å²) in [4.78, 5) is 16.2. The number of carbonyl (C=O) groups is 1. The van der Waals surface area contributed by atoms with E-state index in [9.17, 15) is 4.79 Å². The Labute approximate surface area is 135 Å². The van der Waals surface area contributed by atoms with Crippen LogP contribution in [-0.2, 0) is 4.74 Å². The van der Waals surface area contributed by atoms with Crippen LogP contribution in [0, 0.1) is 0 Å². The molecule has 0 amide bonds. The first kappa shape index (κ1) is 16.8. The number of rotatable bonds is 3. The molecule has 0 radical (unpaired) electrons. The van der Waals surface area contributed by atoms with Crippen molar-refractivity contribution in [2.75, 3.05) is 12.8 Å². The molecule has 5 nitrogen and oxygen atoms in total. The number of nitrogens with two attached hydrogens (primary N) is 1. The van der Waals surface area contributed by atoms with Crippen LogP contribution in [0.1, 0.15) is 31.1 Å². The highest BCUT2D eigenvalue weighted by Crippen LogP contribution is 2.40. The standard InChI is InChI=1S/C15H22N2O3SSi/c1-15(2,3)22(5,6)20-10-7-9(13(18)19-4)8-11-12(10)17-14(16)21-11/h7-8H,1-6H3,(H2,16,17). The van der Waals surface area contributed by atoms with E-state index in [1.165, 1.54) is 18.4 Å². The average molecular weight is 339 g/mol. The predicted octanol–water partition coefficient (Wildman–Crippen LogP) is 4.05. The van der Waals surface area contributed by atoms with E-state index in [2.05, 4.69) is 38.8 Å². The average Bonchev–Trinajstić information content (AvgIpc) is 2.76. The van der Waals surface area contributed by atoms with Crippen LogP contribution >= 0.6 is 11.3 Å². The van der Waals surface area contributed by atoms with E-state index < -0.39 is 14.3 Å². The smallest absolute Gasteiger partial charge is 0.338 e. The number of thiazole rings is 1. The fraction of sp³-hybridized carbons (Fsp3) is 0.467. The molecule has 2 rings (SSSR count). The predicted molar refractivity (Wildman–Crippen MR) is 93.2 cm³/mol. The molecule has 120 valence electrons. The number of fused-ring (bicyclic) bond motifs is 1. The molecule has 2 N–H and O–H groups in total. The van der Waals surface area contributed by atoms with E-state index in [-0.39, 0.29) is 5.04 Å². The van der Waals surface area contributed by atoms with E-state index >= 15 is 0 Å². The Kier molecular flexibility index (Phi) is 4.23. The first-order chi connectivity index (χ1) is 10.0. The van der Waals surface area contributed by atoms with E-state index in [1.807, 2.05) is 0 Å². The number of methoxy groups -OCH3 is 1. The minimum atomic E-state index is -2.05. The Hall–Kier alpha value is -1.60. The summed E-state index contributed by atoms with van der Waals surface area (Å²) in [6, 6.07) is 3.45. The zero-order chi connectivity index (χ0) is 16.7. The third kappa shape index (κ3) is 3.10. The lowest BCUT2D eigenvalue weighted by Gasteiger charge is -2.36. The number of nitrogen functional groups attached to an aromatic ring is 1. The van der Waals surface area contributed by atoms with E-state index in [4.69, 9.17) is 14.9 Å². The molecule has 0 spiro atoms. The lowest BCUT2D eigenvalue weighted by molar-refractivity contribution is 0.0600. The number of benzene rings is 1. The molecule has 0 unspecified atom stereocenters. The van der Waals surface area contributed by atoms with Gasteiger partial charge in [-0.15, -0.1) is 0 Å². The number of aromatic nitrogens is 1. The topological polar surface area (TPSA) is 74.4 Å². The van der Waals surface area contributed by atoms with Crippen molar-refractivity contribution in [1.29, 1.82) is 0 Å². The minimum Gasteiger partial charge on any atom is -0.542 e. The van der Waals surface area contributed by atoms with E-state index in [0.29, 0.717) is 22.0 Å². The fourth-order valence-corrected chi connectivity index (χ4v) is 3.56. The van der Waals surface area contributed by atoms with Gasteiger partial charge in [0.15, 0.2) is 5.13 Å². The quantitative estimate of drug-likeness (QED) is 0.675. The van der Waals surface area contributed by atoms with E-state index in [1.54, 1.807) is 12.1 Å². The van der Waals surface area contributed by atoms with Crippen molar-refractivity contribution in [2.24, 2.45) is 0 Å². The van der Waals surface area contributed by atoms with Crippen molar-refractivity contribution in [1.82, 2.24) is 4.98 Å². The van der Waals surface area contributed by atoms with Crippen molar-refractivity contribution >= 4 is 41.0 Å². The number of hydrogen-bond donors (Lipinski definition) is 1. The van der Waals surface area contributed by atoms with Gasteiger partial charge in [0.05, 0.1) is 17.4 Å². The van der Waals surface area contributed by atoms with Gasteiger partial charge < -0.3 is 14.9 Å². The Balaban J connectivity index is 2.58. The van der Waals surface area contributed by atoms with Crippen LogP contribution in [0.3, 0.4) is 0 Å². The van der Waals surface area contributed by atoms with Gasteiger partial charge in [-0.2, -0.15) is 0 Å². The largest absolute Gasteiger partial charge is 0.542 e. The molecule has 0 fully saturated rings. The Morgan fingerprint density at radius 1 is 1.32 bits per heavy atom. The summed E-state index contributed by atoms with van der Waals surface area (Å²) in [6.45, 7) is 10.8. The number of esters is 1. The summed E-state index contributed by atoms with van der Waals surface area (Å²) >= 11 is 1.34. The second-order valence-corrected chi connectivity index (χ2v) is 12.5. The molecule has 2 aromatic rings. The van der Waals surface area contributed by atoms with E-state index in [0.717, 1.165) is 4.70 Å². The molecule has 0 bridgehead atoms. The third-order valence-corrected chi connectivity index (χ3v) is 9.24. The van der Waals surface area contributed by atoms with Gasteiger partial charge in [0, 0.05) is 0 Å². The summed E-state index contributed by atoms with van der Waals surface area (Å²) in [7, 11) is -0.687. The van der Waals surface area contributed by atoms with Crippen molar-refractivity contribution in [2.45, 2.75) is 38.9 Å². The molecule has 0 saturated heterocycles. The highest BCUT2D eigenvalue weighted by atomic mass is 32.1. The minimum absolute atomic E-state index is 0.0438. The molecule has 0 saturated carbocycles. The monoisotopic (exact) mass is 338 g/mol. The summed E-state index contributed by atoms with van der Waals surface area (Å²) in [5.41, 5.74) is 6.97. The van der Waals surface area contributed by atoms with Gasteiger partial charge in [-0.3, -0.25) is 0 Å². The summed E-state index contributed by atoms with van der Waals surface area (Å²) in [6.07, 6.45) is 0. The SMILES string of the molecule is COC(=O)c1cc(O[Si](C)(C)C(C)(C)C)c2nc(N)sc2c1. The number of hydrogen-bond acceptors (Lipinski definition) is 6. The number of nitrogens with zero attached hydrogens (tertiary/aromatic N) is 1. The van der Waals surface area contributed by atoms with Crippen LogP contribution in [0.15, 0.2) is 12.1 Å². The maximum absolute atomic E-state index is 11.9. The third-order valence-electron chi connectivity index (χ3n) is 4.07. The first-order valence-corrected chi connectivity index (χ1v) is 10.7. The van der Waals surface area contributed by atoms with Crippen LogP contribution in [0.25, 0.3) is 10.2 Å². The Morgan fingerprint density at radius 2 is 1.95 bits per heavy atom. The number of anilines is 1. The molecule has 0 aliphatic rings. The van der Waals surface area contributed by atoms with Gasteiger partial charge in [0.25, 0.3) is 8.32 Å². The van der Waals surface area contributed by atoms with Gasteiger partial charge in [0.2, 0.25) is 0 Å². The van der Waals surface area contributed by atoms with Gasteiger partial charge in [-0.1, -0.05) is 32.1 Å². The van der Waals surface area contributed by atoms with Crippen LogP contribution in [0.4, 0.5) is 5.13 Å². The molecule has 22 heavy (non-hydrogen) atoms. The molecule has 0 aliphatic carbocycles.